The lowest BCUT2D eigenvalue weighted by Gasteiger charge is -2.38. The average Bonchev–Trinajstić information content (AvgIpc) is 3.18. The maximum absolute atomic E-state index is 13.4. The summed E-state index contributed by atoms with van der Waals surface area (Å²) in [7, 11) is 0. The Labute approximate surface area is 172 Å². The lowest BCUT2D eigenvalue weighted by molar-refractivity contribution is -0.140. The highest BCUT2D eigenvalue weighted by Gasteiger charge is 2.44. The van der Waals surface area contributed by atoms with E-state index < -0.39 is 0 Å². The van der Waals surface area contributed by atoms with Gasteiger partial charge in [-0.2, -0.15) is 0 Å². The molecule has 0 aliphatic carbocycles. The zero-order valence-electron chi connectivity index (χ0n) is 16.8. The molecule has 0 unspecified atom stereocenters. The highest BCUT2D eigenvalue weighted by molar-refractivity contribution is 5.86. The van der Waals surface area contributed by atoms with E-state index in [1.807, 2.05) is 6.07 Å². The summed E-state index contributed by atoms with van der Waals surface area (Å²) in [4.78, 5) is 17.9. The minimum atomic E-state index is 0.0542. The van der Waals surface area contributed by atoms with E-state index in [0.29, 0.717) is 11.8 Å². The van der Waals surface area contributed by atoms with Crippen LogP contribution in [0.3, 0.4) is 0 Å². The van der Waals surface area contributed by atoms with Gasteiger partial charge < -0.3 is 4.90 Å². The maximum atomic E-state index is 13.4. The molecule has 0 spiro atoms. The second-order valence-electron chi connectivity index (χ2n) is 8.45. The summed E-state index contributed by atoms with van der Waals surface area (Å²) in [5, 5.41) is 2.59. The zero-order valence-corrected chi connectivity index (χ0v) is 16.8. The molecular formula is C26H28N2O. The van der Waals surface area contributed by atoms with Gasteiger partial charge in [0.1, 0.15) is 0 Å². The first-order valence-electron chi connectivity index (χ1n) is 10.8. The zero-order chi connectivity index (χ0) is 19.6. The molecule has 3 heteroatoms. The van der Waals surface area contributed by atoms with Crippen molar-refractivity contribution in [3.63, 3.8) is 0 Å². The number of piperidine rings is 1. The van der Waals surface area contributed by atoms with Crippen molar-refractivity contribution in [1.29, 1.82) is 0 Å². The number of fused-ring (bicyclic) bond motifs is 2. The highest BCUT2D eigenvalue weighted by Crippen LogP contribution is 2.34. The molecule has 3 aromatic rings. The molecule has 0 radical (unpaired) electrons. The van der Waals surface area contributed by atoms with Gasteiger partial charge in [0.15, 0.2) is 0 Å². The molecule has 2 aliphatic rings. The first-order chi connectivity index (χ1) is 14.3. The van der Waals surface area contributed by atoms with Gasteiger partial charge in [0.25, 0.3) is 0 Å². The summed E-state index contributed by atoms with van der Waals surface area (Å²) < 4.78 is 0. The molecule has 29 heavy (non-hydrogen) atoms. The van der Waals surface area contributed by atoms with Crippen LogP contribution in [0.4, 0.5) is 0 Å². The predicted molar refractivity (Wildman–Crippen MR) is 118 cm³/mol. The third-order valence-electron chi connectivity index (χ3n) is 6.73. The molecule has 2 heterocycles. The number of nitrogens with zero attached hydrogens (tertiary/aromatic N) is 2. The third kappa shape index (κ3) is 3.67. The smallest absolute Gasteiger partial charge is 0.240 e. The monoisotopic (exact) mass is 384 g/mol. The Morgan fingerprint density at radius 3 is 2.48 bits per heavy atom. The van der Waals surface area contributed by atoms with E-state index in [0.717, 1.165) is 45.4 Å². The number of likely N-dealkylation sites (tertiary alicyclic amines) is 2. The van der Waals surface area contributed by atoms with Gasteiger partial charge in [-0.25, -0.2) is 0 Å². The molecule has 2 fully saturated rings. The van der Waals surface area contributed by atoms with Crippen LogP contribution in [-0.2, 0) is 17.8 Å². The lowest BCUT2D eigenvalue weighted by atomic mass is 9.91. The topological polar surface area (TPSA) is 23.6 Å². The summed E-state index contributed by atoms with van der Waals surface area (Å²) in [6.07, 6.45) is 3.22. The van der Waals surface area contributed by atoms with Gasteiger partial charge in [-0.1, -0.05) is 72.8 Å². The van der Waals surface area contributed by atoms with Crippen LogP contribution in [0.25, 0.3) is 10.8 Å². The summed E-state index contributed by atoms with van der Waals surface area (Å²) in [5.74, 6) is 0.861. The van der Waals surface area contributed by atoms with Crippen molar-refractivity contribution in [2.45, 2.75) is 31.8 Å². The number of carbonyl (C=O) groups excluding carboxylic acids is 1. The van der Waals surface area contributed by atoms with Crippen LogP contribution in [-0.4, -0.2) is 41.4 Å². The number of hydrogen-bond donors (Lipinski definition) is 0. The minimum Gasteiger partial charge on any atom is -0.341 e. The van der Waals surface area contributed by atoms with Crippen molar-refractivity contribution in [2.75, 3.05) is 19.6 Å². The van der Waals surface area contributed by atoms with E-state index in [4.69, 9.17) is 0 Å². The molecule has 0 saturated carbocycles. The standard InChI is InChI=1S/C26H28N2O/c29-26-25-22(14-17-27(26)16-13-20-7-2-1-3-8-20)15-18-28(25)19-23-11-6-10-21-9-4-5-12-24(21)23/h1-12,22,25H,13-19H2/t22-,25+/m1/s1. The molecule has 1 amide bonds. The fourth-order valence-corrected chi connectivity index (χ4v) is 5.16. The number of amides is 1. The van der Waals surface area contributed by atoms with Gasteiger partial charge in [0, 0.05) is 19.6 Å². The predicted octanol–water partition coefficient (Wildman–Crippen LogP) is 4.51. The van der Waals surface area contributed by atoms with Crippen LogP contribution in [0, 0.1) is 5.92 Å². The molecule has 0 aromatic heterocycles. The summed E-state index contributed by atoms with van der Waals surface area (Å²) in [6, 6.07) is 25.7. The van der Waals surface area contributed by atoms with Crippen molar-refractivity contribution < 1.29 is 4.79 Å². The highest BCUT2D eigenvalue weighted by atomic mass is 16.2. The molecule has 0 bridgehead atoms. The second-order valence-corrected chi connectivity index (χ2v) is 8.45. The van der Waals surface area contributed by atoms with Crippen LogP contribution in [0.2, 0.25) is 0 Å². The Kier molecular flexibility index (Phi) is 5.07. The summed E-state index contributed by atoms with van der Waals surface area (Å²) in [6.45, 7) is 3.63. The van der Waals surface area contributed by atoms with Gasteiger partial charge in [0.05, 0.1) is 6.04 Å². The normalized spacial score (nSPS) is 22.2. The van der Waals surface area contributed by atoms with E-state index in [2.05, 4.69) is 76.5 Å². The van der Waals surface area contributed by atoms with Gasteiger partial charge in [0.2, 0.25) is 5.91 Å². The van der Waals surface area contributed by atoms with Gasteiger partial charge in [-0.3, -0.25) is 9.69 Å². The van der Waals surface area contributed by atoms with Crippen molar-refractivity contribution in [2.24, 2.45) is 5.92 Å². The maximum Gasteiger partial charge on any atom is 0.240 e. The molecule has 3 nitrogen and oxygen atoms in total. The Bertz CT molecular complexity index is 995. The number of hydrogen-bond acceptors (Lipinski definition) is 2. The number of rotatable bonds is 5. The first-order valence-corrected chi connectivity index (χ1v) is 10.8. The second kappa shape index (κ2) is 8.00. The molecule has 3 aromatic carbocycles. The largest absolute Gasteiger partial charge is 0.341 e. The summed E-state index contributed by atoms with van der Waals surface area (Å²) in [5.41, 5.74) is 2.64. The van der Waals surface area contributed by atoms with Crippen LogP contribution in [0.15, 0.2) is 72.8 Å². The van der Waals surface area contributed by atoms with Gasteiger partial charge >= 0.3 is 0 Å². The molecule has 2 atom stereocenters. The van der Waals surface area contributed by atoms with E-state index in [-0.39, 0.29) is 6.04 Å². The Morgan fingerprint density at radius 1 is 0.828 bits per heavy atom. The number of benzene rings is 3. The molecule has 0 N–H and O–H groups in total. The van der Waals surface area contributed by atoms with E-state index >= 15 is 0 Å². The Morgan fingerprint density at radius 2 is 1.59 bits per heavy atom. The Balaban J connectivity index is 1.31. The molecular weight excluding hydrogens is 356 g/mol. The van der Waals surface area contributed by atoms with Crippen LogP contribution in [0.1, 0.15) is 24.0 Å². The molecule has 2 aliphatic heterocycles. The van der Waals surface area contributed by atoms with Crippen LogP contribution < -0.4 is 0 Å². The number of carbonyl (C=O) groups is 1. The minimum absolute atomic E-state index is 0.0542. The van der Waals surface area contributed by atoms with Crippen molar-refractivity contribution in [3.8, 4) is 0 Å². The summed E-state index contributed by atoms with van der Waals surface area (Å²) >= 11 is 0. The van der Waals surface area contributed by atoms with E-state index in [1.54, 1.807) is 0 Å². The van der Waals surface area contributed by atoms with Crippen molar-refractivity contribution >= 4 is 16.7 Å². The van der Waals surface area contributed by atoms with Crippen molar-refractivity contribution in [1.82, 2.24) is 9.80 Å². The SMILES string of the molecule is O=C1[C@@H]2[C@H](CCN1CCc1ccccc1)CCN2Cc1cccc2ccccc12. The lowest BCUT2D eigenvalue weighted by Crippen LogP contribution is -2.53. The van der Waals surface area contributed by atoms with Crippen LogP contribution in [0.5, 0.6) is 0 Å². The fraction of sp³-hybridized carbons (Fsp3) is 0.346. The fourth-order valence-electron chi connectivity index (χ4n) is 5.16. The average molecular weight is 385 g/mol. The van der Waals surface area contributed by atoms with E-state index in [1.165, 1.54) is 21.9 Å². The third-order valence-corrected chi connectivity index (χ3v) is 6.73. The van der Waals surface area contributed by atoms with E-state index in [9.17, 15) is 4.79 Å². The molecule has 148 valence electrons. The molecule has 5 rings (SSSR count). The van der Waals surface area contributed by atoms with Crippen LogP contribution >= 0.6 is 0 Å². The first kappa shape index (κ1) is 18.4. The van der Waals surface area contributed by atoms with Crippen molar-refractivity contribution in [3.05, 3.63) is 83.9 Å². The van der Waals surface area contributed by atoms with Gasteiger partial charge in [-0.05, 0) is 53.6 Å². The molecule has 2 saturated heterocycles. The Hall–Kier alpha value is -2.65. The van der Waals surface area contributed by atoms with Gasteiger partial charge in [-0.15, -0.1) is 0 Å². The quantitative estimate of drug-likeness (QED) is 0.646.